The highest BCUT2D eigenvalue weighted by atomic mass is 79.9. The van der Waals surface area contributed by atoms with Gasteiger partial charge in [0.25, 0.3) is 5.91 Å². The van der Waals surface area contributed by atoms with Gasteiger partial charge in [0.2, 0.25) is 0 Å². The summed E-state index contributed by atoms with van der Waals surface area (Å²) in [5.41, 5.74) is 2.02. The molecule has 2 aromatic carbocycles. The van der Waals surface area contributed by atoms with E-state index in [2.05, 4.69) is 21.2 Å². The molecule has 0 fully saturated rings. The van der Waals surface area contributed by atoms with Crippen molar-refractivity contribution in [1.82, 2.24) is 0 Å². The van der Waals surface area contributed by atoms with Crippen LogP contribution in [-0.2, 0) is 6.61 Å². The number of aliphatic hydroxyl groups is 1. The van der Waals surface area contributed by atoms with Gasteiger partial charge in [-0.2, -0.15) is 0 Å². The van der Waals surface area contributed by atoms with E-state index in [1.54, 1.807) is 36.4 Å². The summed E-state index contributed by atoms with van der Waals surface area (Å²) < 4.78 is 0.860. The second-order valence-corrected chi connectivity index (χ2v) is 4.74. The van der Waals surface area contributed by atoms with Gasteiger partial charge >= 0.3 is 0 Å². The van der Waals surface area contributed by atoms with Crippen molar-refractivity contribution in [2.24, 2.45) is 0 Å². The average molecular weight is 306 g/mol. The SMILES string of the molecule is O=C(Nc1cccc(CO)c1)c1cccc(Br)c1. The van der Waals surface area contributed by atoms with Crippen LogP contribution in [0, 0.1) is 0 Å². The predicted molar refractivity (Wildman–Crippen MR) is 74.5 cm³/mol. The number of aliphatic hydroxyl groups excluding tert-OH is 1. The fourth-order valence-corrected chi connectivity index (χ4v) is 1.98. The van der Waals surface area contributed by atoms with Crippen molar-refractivity contribution < 1.29 is 9.90 Å². The molecule has 0 unspecified atom stereocenters. The van der Waals surface area contributed by atoms with Gasteiger partial charge in [-0.25, -0.2) is 0 Å². The Morgan fingerprint density at radius 2 is 1.94 bits per heavy atom. The number of rotatable bonds is 3. The Morgan fingerprint density at radius 3 is 2.67 bits per heavy atom. The van der Waals surface area contributed by atoms with Gasteiger partial charge in [-0.1, -0.05) is 34.1 Å². The Morgan fingerprint density at radius 1 is 1.17 bits per heavy atom. The number of hydrogen-bond acceptors (Lipinski definition) is 2. The highest BCUT2D eigenvalue weighted by molar-refractivity contribution is 9.10. The Bertz CT molecular complexity index is 569. The van der Waals surface area contributed by atoms with Crippen molar-refractivity contribution in [2.75, 3.05) is 5.32 Å². The standard InChI is InChI=1S/C14H12BrNO2/c15-12-5-2-4-11(8-12)14(18)16-13-6-1-3-10(7-13)9-17/h1-8,17H,9H2,(H,16,18). The summed E-state index contributed by atoms with van der Waals surface area (Å²) in [4.78, 5) is 12.0. The lowest BCUT2D eigenvalue weighted by atomic mass is 10.2. The molecule has 0 spiro atoms. The van der Waals surface area contributed by atoms with Crippen LogP contribution in [0.25, 0.3) is 0 Å². The maximum Gasteiger partial charge on any atom is 0.255 e. The summed E-state index contributed by atoms with van der Waals surface area (Å²) in [6.45, 7) is -0.0411. The smallest absolute Gasteiger partial charge is 0.255 e. The zero-order chi connectivity index (χ0) is 13.0. The van der Waals surface area contributed by atoms with Crippen LogP contribution in [-0.4, -0.2) is 11.0 Å². The van der Waals surface area contributed by atoms with Gasteiger partial charge in [-0.3, -0.25) is 4.79 Å². The number of halogens is 1. The third-order valence-electron chi connectivity index (χ3n) is 2.45. The van der Waals surface area contributed by atoms with Crippen LogP contribution in [0.15, 0.2) is 53.0 Å². The van der Waals surface area contributed by atoms with Crippen LogP contribution in [0.3, 0.4) is 0 Å². The molecule has 4 heteroatoms. The molecule has 0 aliphatic carbocycles. The number of amides is 1. The summed E-state index contributed by atoms with van der Waals surface area (Å²) in [5.74, 6) is -0.175. The van der Waals surface area contributed by atoms with Crippen molar-refractivity contribution >= 4 is 27.5 Å². The van der Waals surface area contributed by atoms with Crippen LogP contribution >= 0.6 is 15.9 Å². The first-order valence-electron chi connectivity index (χ1n) is 5.46. The number of anilines is 1. The maximum absolute atomic E-state index is 12.0. The van der Waals surface area contributed by atoms with E-state index < -0.39 is 0 Å². The minimum absolute atomic E-state index is 0.0411. The lowest BCUT2D eigenvalue weighted by Crippen LogP contribution is -2.11. The van der Waals surface area contributed by atoms with Gasteiger partial charge in [0.1, 0.15) is 0 Å². The van der Waals surface area contributed by atoms with Gasteiger partial charge in [0, 0.05) is 15.7 Å². The molecule has 0 saturated heterocycles. The summed E-state index contributed by atoms with van der Waals surface area (Å²) in [7, 11) is 0. The molecule has 2 rings (SSSR count). The van der Waals surface area contributed by atoms with Crippen LogP contribution in [0.5, 0.6) is 0 Å². The fourth-order valence-electron chi connectivity index (χ4n) is 1.58. The minimum Gasteiger partial charge on any atom is -0.392 e. The normalized spacial score (nSPS) is 10.1. The highest BCUT2D eigenvalue weighted by Gasteiger charge is 2.06. The Balaban J connectivity index is 2.16. The van der Waals surface area contributed by atoms with Gasteiger partial charge in [0.15, 0.2) is 0 Å². The van der Waals surface area contributed by atoms with Gasteiger partial charge in [-0.15, -0.1) is 0 Å². The summed E-state index contributed by atoms with van der Waals surface area (Å²) in [6.07, 6.45) is 0. The van der Waals surface area contributed by atoms with Crippen molar-refractivity contribution in [3.05, 3.63) is 64.1 Å². The topological polar surface area (TPSA) is 49.3 Å². The van der Waals surface area contributed by atoms with Crippen molar-refractivity contribution in [3.63, 3.8) is 0 Å². The molecule has 0 heterocycles. The molecule has 2 N–H and O–H groups in total. The number of hydrogen-bond donors (Lipinski definition) is 2. The molecule has 0 atom stereocenters. The molecule has 92 valence electrons. The molecule has 0 aliphatic heterocycles. The number of nitrogens with one attached hydrogen (secondary N) is 1. The average Bonchev–Trinajstić information content (AvgIpc) is 2.39. The zero-order valence-corrected chi connectivity index (χ0v) is 11.1. The van der Waals surface area contributed by atoms with Gasteiger partial charge in [-0.05, 0) is 35.9 Å². The van der Waals surface area contributed by atoms with E-state index in [1.807, 2.05) is 12.1 Å². The van der Waals surface area contributed by atoms with E-state index in [1.165, 1.54) is 0 Å². The molecule has 0 aliphatic rings. The molecular formula is C14H12BrNO2. The van der Waals surface area contributed by atoms with Crippen LogP contribution in [0.2, 0.25) is 0 Å². The van der Waals surface area contributed by atoms with Crippen LogP contribution < -0.4 is 5.32 Å². The first-order valence-corrected chi connectivity index (χ1v) is 6.25. The number of benzene rings is 2. The molecule has 3 nitrogen and oxygen atoms in total. The number of carbonyl (C=O) groups excluding carboxylic acids is 1. The van der Waals surface area contributed by atoms with Crippen LogP contribution in [0.4, 0.5) is 5.69 Å². The molecule has 18 heavy (non-hydrogen) atoms. The monoisotopic (exact) mass is 305 g/mol. The van der Waals surface area contributed by atoms with E-state index in [0.29, 0.717) is 11.3 Å². The lowest BCUT2D eigenvalue weighted by molar-refractivity contribution is 0.102. The van der Waals surface area contributed by atoms with Crippen molar-refractivity contribution in [2.45, 2.75) is 6.61 Å². The van der Waals surface area contributed by atoms with E-state index in [4.69, 9.17) is 5.11 Å². The molecule has 1 amide bonds. The quantitative estimate of drug-likeness (QED) is 0.915. The Labute approximate surface area is 114 Å². The first-order chi connectivity index (χ1) is 8.69. The van der Waals surface area contributed by atoms with E-state index >= 15 is 0 Å². The van der Waals surface area contributed by atoms with Gasteiger partial charge < -0.3 is 10.4 Å². The summed E-state index contributed by atoms with van der Waals surface area (Å²) in [5, 5.41) is 11.8. The largest absolute Gasteiger partial charge is 0.392 e. The molecule has 0 aromatic heterocycles. The zero-order valence-electron chi connectivity index (χ0n) is 9.56. The van der Waals surface area contributed by atoms with Crippen molar-refractivity contribution in [3.8, 4) is 0 Å². The summed E-state index contributed by atoms with van der Waals surface area (Å²) >= 11 is 3.33. The van der Waals surface area contributed by atoms with Gasteiger partial charge in [0.05, 0.1) is 6.61 Å². The number of carbonyl (C=O) groups is 1. The van der Waals surface area contributed by atoms with Crippen LogP contribution in [0.1, 0.15) is 15.9 Å². The molecule has 0 saturated carbocycles. The molecular weight excluding hydrogens is 294 g/mol. The predicted octanol–water partition coefficient (Wildman–Crippen LogP) is 3.19. The molecule has 0 radical (unpaired) electrons. The Hall–Kier alpha value is -1.65. The second-order valence-electron chi connectivity index (χ2n) is 3.82. The third-order valence-corrected chi connectivity index (χ3v) is 2.95. The lowest BCUT2D eigenvalue weighted by Gasteiger charge is -2.06. The van der Waals surface area contributed by atoms with E-state index in [-0.39, 0.29) is 12.5 Å². The fraction of sp³-hybridized carbons (Fsp3) is 0.0714. The second kappa shape index (κ2) is 5.80. The highest BCUT2D eigenvalue weighted by Crippen LogP contribution is 2.15. The summed E-state index contributed by atoms with van der Waals surface area (Å²) in [6, 6.07) is 14.3. The molecule has 2 aromatic rings. The Kier molecular flexibility index (Phi) is 4.12. The van der Waals surface area contributed by atoms with E-state index in [9.17, 15) is 4.79 Å². The van der Waals surface area contributed by atoms with E-state index in [0.717, 1.165) is 10.0 Å². The molecule has 0 bridgehead atoms. The maximum atomic E-state index is 12.0. The third kappa shape index (κ3) is 3.18. The first kappa shape index (κ1) is 12.8. The minimum atomic E-state index is -0.175. The van der Waals surface area contributed by atoms with Crippen molar-refractivity contribution in [1.29, 1.82) is 0 Å².